The molecule has 0 heterocycles. The molecular weight excluding hydrogens is 448 g/mol. The normalized spacial score (nSPS) is 39.9. The van der Waals surface area contributed by atoms with Crippen molar-refractivity contribution < 1.29 is 19.4 Å². The monoisotopic (exact) mass is 498 g/mol. The molecule has 4 heteroatoms. The van der Waals surface area contributed by atoms with E-state index in [4.69, 9.17) is 4.74 Å². The van der Waals surface area contributed by atoms with Crippen LogP contribution in [0.3, 0.4) is 0 Å². The quantitative estimate of drug-likeness (QED) is 0.321. The lowest BCUT2D eigenvalue weighted by molar-refractivity contribution is -0.148. The summed E-state index contributed by atoms with van der Waals surface area (Å²) in [6.45, 7) is 19.1. The molecule has 0 saturated heterocycles. The van der Waals surface area contributed by atoms with Gasteiger partial charge in [-0.15, -0.1) is 0 Å². The minimum absolute atomic E-state index is 0.134. The van der Waals surface area contributed by atoms with E-state index in [9.17, 15) is 14.7 Å². The number of rotatable bonds is 5. The van der Waals surface area contributed by atoms with Crippen molar-refractivity contribution in [2.24, 2.45) is 39.4 Å². The molecule has 4 aliphatic carbocycles. The maximum absolute atomic E-state index is 12.9. The molecule has 1 N–H and O–H groups in total. The first-order valence-electron chi connectivity index (χ1n) is 14.3. The summed E-state index contributed by atoms with van der Waals surface area (Å²) in [6, 6.07) is 0. The minimum Gasteiger partial charge on any atom is -0.458 e. The van der Waals surface area contributed by atoms with E-state index in [0.29, 0.717) is 24.0 Å². The molecule has 0 aromatic rings. The van der Waals surface area contributed by atoms with Gasteiger partial charge in [0.25, 0.3) is 0 Å². The molecule has 2 saturated carbocycles. The van der Waals surface area contributed by atoms with Crippen molar-refractivity contribution in [3.05, 3.63) is 23.3 Å². The number of fused-ring (bicyclic) bond motifs is 4. The summed E-state index contributed by atoms with van der Waals surface area (Å²) in [4.78, 5) is 24.9. The Morgan fingerprint density at radius 3 is 2.31 bits per heavy atom. The first kappa shape index (κ1) is 27.6. The molecule has 0 amide bonds. The smallest absolute Gasteiger partial charge is 0.303 e. The highest BCUT2D eigenvalue weighted by Gasteiger charge is 2.63. The maximum Gasteiger partial charge on any atom is 0.303 e. The van der Waals surface area contributed by atoms with Crippen molar-refractivity contribution in [1.29, 1.82) is 0 Å². The van der Waals surface area contributed by atoms with Crippen molar-refractivity contribution in [3.8, 4) is 0 Å². The summed E-state index contributed by atoms with van der Waals surface area (Å²) in [5, 5.41) is 10.3. The maximum atomic E-state index is 12.9. The van der Waals surface area contributed by atoms with Crippen molar-refractivity contribution in [3.63, 3.8) is 0 Å². The highest BCUT2D eigenvalue weighted by molar-refractivity contribution is 5.85. The molecule has 0 unspecified atom stereocenters. The third-order valence-corrected chi connectivity index (χ3v) is 11.7. The van der Waals surface area contributed by atoms with E-state index >= 15 is 0 Å². The average molecular weight is 499 g/mol. The van der Waals surface area contributed by atoms with Crippen LogP contribution in [0.5, 0.6) is 0 Å². The second-order valence-electron chi connectivity index (χ2n) is 14.5. The Morgan fingerprint density at radius 2 is 1.69 bits per heavy atom. The molecule has 4 aliphatic rings. The molecule has 0 bridgehead atoms. The lowest BCUT2D eigenvalue weighted by Crippen LogP contribution is -2.54. The van der Waals surface area contributed by atoms with Crippen LogP contribution < -0.4 is 0 Å². The summed E-state index contributed by atoms with van der Waals surface area (Å²) in [5.74, 6) is 1.22. The Labute approximate surface area is 219 Å². The number of ketones is 1. The van der Waals surface area contributed by atoms with Gasteiger partial charge in [0.1, 0.15) is 11.9 Å². The predicted octanol–water partition coefficient (Wildman–Crippen LogP) is 7.20. The van der Waals surface area contributed by atoms with Crippen LogP contribution >= 0.6 is 0 Å². The number of carbonyl (C=O) groups is 2. The predicted molar refractivity (Wildman–Crippen MR) is 144 cm³/mol. The fourth-order valence-corrected chi connectivity index (χ4v) is 9.45. The van der Waals surface area contributed by atoms with Crippen LogP contribution in [0.15, 0.2) is 23.3 Å². The fraction of sp³-hybridized carbons (Fsp3) is 0.812. The Kier molecular flexibility index (Phi) is 6.76. The average Bonchev–Trinajstić information content (AvgIpc) is 3.04. The van der Waals surface area contributed by atoms with Crippen molar-refractivity contribution in [2.45, 2.75) is 125 Å². The van der Waals surface area contributed by atoms with Gasteiger partial charge in [-0.3, -0.25) is 9.59 Å². The Morgan fingerprint density at radius 1 is 1.03 bits per heavy atom. The molecule has 4 nitrogen and oxygen atoms in total. The molecule has 36 heavy (non-hydrogen) atoms. The lowest BCUT2D eigenvalue weighted by Gasteiger charge is -2.61. The molecule has 202 valence electrons. The third kappa shape index (κ3) is 4.14. The number of aliphatic hydroxyl groups is 1. The Hall–Kier alpha value is -1.42. The van der Waals surface area contributed by atoms with E-state index in [-0.39, 0.29) is 39.7 Å². The van der Waals surface area contributed by atoms with E-state index in [2.05, 4.69) is 41.5 Å². The van der Waals surface area contributed by atoms with E-state index in [1.807, 2.05) is 6.08 Å². The van der Waals surface area contributed by atoms with Gasteiger partial charge in [0.05, 0.1) is 5.60 Å². The molecule has 0 radical (unpaired) electrons. The van der Waals surface area contributed by atoms with Gasteiger partial charge >= 0.3 is 5.97 Å². The van der Waals surface area contributed by atoms with Crippen LogP contribution in [0.4, 0.5) is 0 Å². The summed E-state index contributed by atoms with van der Waals surface area (Å²) in [7, 11) is 0. The van der Waals surface area contributed by atoms with Gasteiger partial charge in [0.15, 0.2) is 0 Å². The molecule has 2 fully saturated rings. The lowest BCUT2D eigenvalue weighted by atomic mass is 9.43. The standard InChI is InChI=1S/C32H50O4/c1-20(25(36-21(2)33)14-16-28(3,4)35)22-12-18-32(9)24-10-11-26-29(5,6)27(34)15-17-30(26,7)23(24)13-19-31(22,32)8/h14,16,20,22,25-26,35H,10-13,15,17-19H2,1-9H3/b16-14+/t20-,22+,25+,26+,30+,31+,32-/m0/s1. The summed E-state index contributed by atoms with van der Waals surface area (Å²) >= 11 is 0. The SMILES string of the molecule is CC(=O)O[C@H](/C=C/C(C)(C)O)[C@@H](C)[C@H]1CC[C@@]2(C)C3=C(CC[C@]12C)[C@@]1(C)CCC(=O)C(C)(C)[C@H]1CC3. The molecule has 0 aromatic heterocycles. The van der Waals surface area contributed by atoms with Gasteiger partial charge in [0.2, 0.25) is 0 Å². The molecule has 0 aliphatic heterocycles. The molecule has 4 rings (SSSR count). The van der Waals surface area contributed by atoms with Crippen LogP contribution in [0.25, 0.3) is 0 Å². The largest absolute Gasteiger partial charge is 0.458 e. The highest BCUT2D eigenvalue weighted by atomic mass is 16.5. The van der Waals surface area contributed by atoms with Crippen LogP contribution in [-0.2, 0) is 14.3 Å². The Balaban J connectivity index is 1.69. The number of carbonyl (C=O) groups excluding carboxylic acids is 2. The molecule has 7 atom stereocenters. The summed E-state index contributed by atoms with van der Waals surface area (Å²) in [5.41, 5.74) is 2.62. The van der Waals surface area contributed by atoms with Gasteiger partial charge in [-0.1, -0.05) is 58.8 Å². The fourth-order valence-electron chi connectivity index (χ4n) is 9.45. The number of Topliss-reactive ketones (excluding diaryl/α,β-unsaturated/α-hetero) is 1. The number of hydrogen-bond acceptors (Lipinski definition) is 4. The first-order chi connectivity index (χ1) is 16.5. The minimum atomic E-state index is -0.944. The van der Waals surface area contributed by atoms with E-state index in [1.54, 1.807) is 31.1 Å². The summed E-state index contributed by atoms with van der Waals surface area (Å²) < 4.78 is 5.82. The zero-order valence-corrected chi connectivity index (χ0v) is 24.3. The van der Waals surface area contributed by atoms with Crippen molar-refractivity contribution >= 4 is 11.8 Å². The zero-order chi connectivity index (χ0) is 26.9. The highest BCUT2D eigenvalue weighted by Crippen LogP contribution is 2.72. The number of esters is 1. The van der Waals surface area contributed by atoms with Crippen molar-refractivity contribution in [1.82, 2.24) is 0 Å². The second-order valence-corrected chi connectivity index (χ2v) is 14.5. The third-order valence-electron chi connectivity index (χ3n) is 11.7. The summed E-state index contributed by atoms with van der Waals surface area (Å²) in [6.07, 6.45) is 11.8. The number of ether oxygens (including phenoxy) is 1. The van der Waals surface area contributed by atoms with Gasteiger partial charge in [-0.2, -0.15) is 0 Å². The van der Waals surface area contributed by atoms with E-state index < -0.39 is 5.60 Å². The van der Waals surface area contributed by atoms with Crippen LogP contribution in [0.1, 0.15) is 114 Å². The van der Waals surface area contributed by atoms with Gasteiger partial charge in [0, 0.05) is 24.7 Å². The molecule has 0 aromatic carbocycles. The zero-order valence-electron chi connectivity index (χ0n) is 24.3. The van der Waals surface area contributed by atoms with Crippen LogP contribution in [0, 0.1) is 39.4 Å². The second kappa shape index (κ2) is 8.82. The van der Waals surface area contributed by atoms with Crippen molar-refractivity contribution in [2.75, 3.05) is 0 Å². The number of allylic oxidation sites excluding steroid dienone is 2. The first-order valence-corrected chi connectivity index (χ1v) is 14.3. The van der Waals surface area contributed by atoms with Gasteiger partial charge in [-0.25, -0.2) is 0 Å². The molecule has 0 spiro atoms. The van der Waals surface area contributed by atoms with E-state index in [1.165, 1.54) is 13.3 Å². The van der Waals surface area contributed by atoms with Crippen LogP contribution in [0.2, 0.25) is 0 Å². The van der Waals surface area contributed by atoms with Gasteiger partial charge in [-0.05, 0) is 93.0 Å². The van der Waals surface area contributed by atoms with E-state index in [0.717, 1.165) is 38.5 Å². The molecular formula is C32H50O4. The van der Waals surface area contributed by atoms with Crippen LogP contribution in [-0.4, -0.2) is 28.6 Å². The number of hydrogen-bond donors (Lipinski definition) is 1. The topological polar surface area (TPSA) is 63.6 Å². The van der Waals surface area contributed by atoms with Gasteiger partial charge < -0.3 is 9.84 Å². The Bertz CT molecular complexity index is 981.